The third-order valence-electron chi connectivity index (χ3n) is 2.11. The zero-order valence-corrected chi connectivity index (χ0v) is 7.82. The molecule has 0 fully saturated rings. The summed E-state index contributed by atoms with van der Waals surface area (Å²) in [5.41, 5.74) is 0.349. The van der Waals surface area contributed by atoms with E-state index in [-0.39, 0.29) is 0 Å². The van der Waals surface area contributed by atoms with Gasteiger partial charge in [0, 0.05) is 5.56 Å². The van der Waals surface area contributed by atoms with Crippen LogP contribution in [0.4, 0.5) is 13.2 Å². The molecule has 1 atom stereocenters. The molecule has 1 aromatic carbocycles. The highest BCUT2D eigenvalue weighted by Crippen LogP contribution is 2.40. The summed E-state index contributed by atoms with van der Waals surface area (Å²) in [7, 11) is 0. The van der Waals surface area contributed by atoms with Gasteiger partial charge in [0.25, 0.3) is 0 Å². The Labute approximate surface area is 88.1 Å². The lowest BCUT2D eigenvalue weighted by Gasteiger charge is -2.28. The maximum atomic E-state index is 12.6. The van der Waals surface area contributed by atoms with Crippen LogP contribution < -0.4 is 5.73 Å². The van der Waals surface area contributed by atoms with Crippen molar-refractivity contribution in [1.82, 2.24) is 0 Å². The quantitative estimate of drug-likeness (QED) is 0.719. The lowest BCUT2D eigenvalue weighted by molar-refractivity contribution is -0.205. The Morgan fingerprint density at radius 1 is 1.25 bits per heavy atom. The molecule has 88 valence electrons. The molecular weight excluding hydrogens is 227 g/mol. The fourth-order valence-electron chi connectivity index (χ4n) is 1.20. The van der Waals surface area contributed by atoms with Gasteiger partial charge < -0.3 is 15.9 Å². The van der Waals surface area contributed by atoms with E-state index >= 15 is 0 Å². The number of carboxylic acids is 1. The molecule has 0 bridgehead atoms. The first kappa shape index (κ1) is 12.3. The molecular formula is C9H8F3NO3. The average Bonchev–Trinajstić information content (AvgIpc) is 2.15. The molecule has 4 N–H and O–H groups in total. The van der Waals surface area contributed by atoms with Crippen LogP contribution >= 0.6 is 0 Å². The number of aromatic hydroxyl groups is 1. The van der Waals surface area contributed by atoms with Gasteiger partial charge in [0.05, 0.1) is 0 Å². The summed E-state index contributed by atoms with van der Waals surface area (Å²) in [6.07, 6.45) is -5.21. The average molecular weight is 235 g/mol. The number of hydrogen-bond donors (Lipinski definition) is 3. The number of phenolic OH excluding ortho intramolecular Hbond substituents is 1. The highest BCUT2D eigenvalue weighted by Gasteiger charge is 2.60. The first-order valence-electron chi connectivity index (χ1n) is 4.08. The van der Waals surface area contributed by atoms with Crippen molar-refractivity contribution in [3.05, 3.63) is 29.8 Å². The van der Waals surface area contributed by atoms with Gasteiger partial charge in [0.1, 0.15) is 5.75 Å². The van der Waals surface area contributed by atoms with Gasteiger partial charge in [-0.2, -0.15) is 13.2 Å². The van der Waals surface area contributed by atoms with E-state index in [2.05, 4.69) is 0 Å². The number of hydrogen-bond acceptors (Lipinski definition) is 3. The van der Waals surface area contributed by atoms with Crippen molar-refractivity contribution in [1.29, 1.82) is 0 Å². The van der Waals surface area contributed by atoms with Gasteiger partial charge in [-0.3, -0.25) is 0 Å². The summed E-state index contributed by atoms with van der Waals surface area (Å²) < 4.78 is 37.8. The smallest absolute Gasteiger partial charge is 0.421 e. The van der Waals surface area contributed by atoms with Crippen molar-refractivity contribution in [2.24, 2.45) is 5.73 Å². The molecule has 1 unspecified atom stereocenters. The number of carboxylic acid groups (broad SMARTS) is 1. The summed E-state index contributed by atoms with van der Waals surface area (Å²) in [6, 6.07) is 4.17. The van der Waals surface area contributed by atoms with Gasteiger partial charge in [0.2, 0.25) is 5.54 Å². The molecule has 0 aliphatic carbocycles. The first-order valence-corrected chi connectivity index (χ1v) is 4.08. The molecule has 0 heterocycles. The summed E-state index contributed by atoms with van der Waals surface area (Å²) in [5.74, 6) is -3.09. The number of aliphatic carboxylic acids is 1. The molecule has 0 saturated carbocycles. The van der Waals surface area contributed by atoms with Gasteiger partial charge in [-0.1, -0.05) is 18.2 Å². The predicted molar refractivity (Wildman–Crippen MR) is 47.7 cm³/mol. The van der Waals surface area contributed by atoms with Crippen LogP contribution in [0.5, 0.6) is 5.75 Å². The van der Waals surface area contributed by atoms with Gasteiger partial charge in [-0.05, 0) is 6.07 Å². The Kier molecular flexibility index (Phi) is 2.83. The van der Waals surface area contributed by atoms with Crippen LogP contribution in [0.3, 0.4) is 0 Å². The standard InChI is InChI=1S/C9H8F3NO3/c10-9(11,12)8(13,7(15)16)5-3-1-2-4-6(5)14/h1-4,14H,13H2,(H,15,16). The van der Waals surface area contributed by atoms with Crippen LogP contribution in [0.25, 0.3) is 0 Å². The van der Waals surface area contributed by atoms with E-state index in [1.54, 1.807) is 0 Å². The highest BCUT2D eigenvalue weighted by atomic mass is 19.4. The summed E-state index contributed by atoms with van der Waals surface area (Å²) >= 11 is 0. The minimum Gasteiger partial charge on any atom is -0.508 e. The van der Waals surface area contributed by atoms with Crippen molar-refractivity contribution >= 4 is 5.97 Å². The topological polar surface area (TPSA) is 83.6 Å². The number of benzene rings is 1. The second-order valence-corrected chi connectivity index (χ2v) is 3.13. The van der Waals surface area contributed by atoms with Crippen LogP contribution in [-0.4, -0.2) is 22.4 Å². The van der Waals surface area contributed by atoms with Crippen LogP contribution in [0.1, 0.15) is 5.56 Å². The third-order valence-corrected chi connectivity index (χ3v) is 2.11. The summed E-state index contributed by atoms with van der Waals surface area (Å²) in [6.45, 7) is 0. The van der Waals surface area contributed by atoms with Gasteiger partial charge in [-0.25, -0.2) is 4.79 Å². The number of halogens is 3. The van der Waals surface area contributed by atoms with E-state index in [0.717, 1.165) is 18.2 Å². The molecule has 7 heteroatoms. The number of alkyl halides is 3. The van der Waals surface area contributed by atoms with E-state index < -0.39 is 29.0 Å². The molecule has 1 aromatic rings. The SMILES string of the molecule is NC(C(=O)O)(c1ccccc1O)C(F)(F)F. The second-order valence-electron chi connectivity index (χ2n) is 3.13. The molecule has 0 aliphatic rings. The van der Waals surface area contributed by atoms with Crippen LogP contribution in [0.2, 0.25) is 0 Å². The molecule has 0 spiro atoms. The lowest BCUT2D eigenvalue weighted by Crippen LogP contribution is -2.56. The molecule has 0 saturated heterocycles. The van der Waals surface area contributed by atoms with Crippen molar-refractivity contribution in [2.75, 3.05) is 0 Å². The summed E-state index contributed by atoms with van der Waals surface area (Å²) in [4.78, 5) is 10.7. The van der Waals surface area contributed by atoms with Crippen molar-refractivity contribution < 1.29 is 28.2 Å². The molecule has 0 aromatic heterocycles. The monoisotopic (exact) mass is 235 g/mol. The number of rotatable bonds is 2. The van der Waals surface area contributed by atoms with Gasteiger partial charge in [0.15, 0.2) is 0 Å². The predicted octanol–water partition coefficient (Wildman–Crippen LogP) is 1.19. The maximum Gasteiger partial charge on any atom is 0.421 e. The van der Waals surface area contributed by atoms with Gasteiger partial charge >= 0.3 is 12.1 Å². The van der Waals surface area contributed by atoms with Crippen LogP contribution in [-0.2, 0) is 10.3 Å². The number of phenols is 1. The summed E-state index contributed by atoms with van der Waals surface area (Å²) in [5, 5.41) is 17.8. The molecule has 16 heavy (non-hydrogen) atoms. The largest absolute Gasteiger partial charge is 0.508 e. The zero-order chi connectivity index (χ0) is 12.6. The van der Waals surface area contributed by atoms with E-state index in [1.165, 1.54) is 6.07 Å². The minimum atomic E-state index is -5.21. The molecule has 0 aliphatic heterocycles. The Balaban J connectivity index is 3.46. The van der Waals surface area contributed by atoms with E-state index in [9.17, 15) is 23.1 Å². The zero-order valence-electron chi connectivity index (χ0n) is 7.82. The van der Waals surface area contributed by atoms with Crippen LogP contribution in [0.15, 0.2) is 24.3 Å². The molecule has 0 amide bonds. The number of para-hydroxylation sites is 1. The normalized spacial score (nSPS) is 15.5. The maximum absolute atomic E-state index is 12.6. The Bertz CT molecular complexity index is 419. The Hall–Kier alpha value is -1.76. The Morgan fingerprint density at radius 3 is 2.12 bits per heavy atom. The fraction of sp³-hybridized carbons (Fsp3) is 0.222. The Morgan fingerprint density at radius 2 is 1.75 bits per heavy atom. The van der Waals surface area contributed by atoms with Gasteiger partial charge in [-0.15, -0.1) is 0 Å². The van der Waals surface area contributed by atoms with Crippen molar-refractivity contribution in [3.8, 4) is 5.75 Å². The van der Waals surface area contributed by atoms with E-state index in [1.807, 2.05) is 0 Å². The van der Waals surface area contributed by atoms with Crippen LogP contribution in [0, 0.1) is 0 Å². The molecule has 0 radical (unpaired) electrons. The van der Waals surface area contributed by atoms with E-state index in [0.29, 0.717) is 0 Å². The highest BCUT2D eigenvalue weighted by molar-refractivity contribution is 5.82. The number of carbonyl (C=O) groups is 1. The number of nitrogens with two attached hydrogens (primary N) is 1. The third kappa shape index (κ3) is 1.69. The lowest BCUT2D eigenvalue weighted by atomic mass is 9.89. The van der Waals surface area contributed by atoms with E-state index in [4.69, 9.17) is 10.8 Å². The molecule has 1 rings (SSSR count). The molecule has 4 nitrogen and oxygen atoms in total. The van der Waals surface area contributed by atoms with Crippen molar-refractivity contribution in [3.63, 3.8) is 0 Å². The van der Waals surface area contributed by atoms with Crippen molar-refractivity contribution in [2.45, 2.75) is 11.7 Å². The first-order chi connectivity index (χ1) is 7.21. The fourth-order valence-corrected chi connectivity index (χ4v) is 1.20. The minimum absolute atomic E-state index is 0.815. The second kappa shape index (κ2) is 3.67.